The number of hydrogen-bond acceptors (Lipinski definition) is 2. The van der Waals surface area contributed by atoms with Gasteiger partial charge >= 0.3 is 0 Å². The maximum atomic E-state index is 11.7. The van der Waals surface area contributed by atoms with Crippen molar-refractivity contribution in [3.8, 4) is 0 Å². The van der Waals surface area contributed by atoms with Gasteiger partial charge in [0.1, 0.15) is 6.54 Å². The number of aromatic nitrogens is 2. The second-order valence-corrected chi connectivity index (χ2v) is 4.63. The zero-order valence-electron chi connectivity index (χ0n) is 9.35. The summed E-state index contributed by atoms with van der Waals surface area (Å²) in [6.45, 7) is 2.11. The maximum absolute atomic E-state index is 11.7. The van der Waals surface area contributed by atoms with Crippen molar-refractivity contribution in [1.29, 1.82) is 0 Å². The first-order chi connectivity index (χ1) is 8.13. The van der Waals surface area contributed by atoms with E-state index < -0.39 is 0 Å². The summed E-state index contributed by atoms with van der Waals surface area (Å²) < 4.78 is 2.55. The molecule has 0 unspecified atom stereocenters. The lowest BCUT2D eigenvalue weighted by molar-refractivity contribution is -0.116. The van der Waals surface area contributed by atoms with E-state index in [-0.39, 0.29) is 12.5 Å². The van der Waals surface area contributed by atoms with Gasteiger partial charge in [-0.3, -0.25) is 9.48 Å². The summed E-state index contributed by atoms with van der Waals surface area (Å²) in [6.07, 6.45) is 1.79. The average Bonchev–Trinajstić information content (AvgIpc) is 2.63. The highest BCUT2D eigenvalue weighted by molar-refractivity contribution is 9.10. The van der Waals surface area contributed by atoms with Gasteiger partial charge < -0.3 is 5.32 Å². The molecule has 0 radical (unpaired) electrons. The van der Waals surface area contributed by atoms with Gasteiger partial charge in [0, 0.05) is 16.4 Å². The Morgan fingerprint density at radius 1 is 1.47 bits per heavy atom. The monoisotopic (exact) mass is 293 g/mol. The molecule has 2 aromatic rings. The van der Waals surface area contributed by atoms with Gasteiger partial charge in [0.2, 0.25) is 5.91 Å². The molecule has 0 bridgehead atoms. The van der Waals surface area contributed by atoms with Gasteiger partial charge in [-0.2, -0.15) is 5.10 Å². The van der Waals surface area contributed by atoms with E-state index in [1.54, 1.807) is 10.9 Å². The second-order valence-electron chi connectivity index (χ2n) is 3.71. The zero-order chi connectivity index (χ0) is 12.3. The Bertz CT molecular complexity index is 536. The van der Waals surface area contributed by atoms with Crippen molar-refractivity contribution in [1.82, 2.24) is 9.78 Å². The van der Waals surface area contributed by atoms with E-state index in [0.717, 1.165) is 15.9 Å². The molecule has 0 saturated carbocycles. The fraction of sp³-hybridized carbons (Fsp3) is 0.167. The lowest BCUT2D eigenvalue weighted by Crippen LogP contribution is -2.19. The minimum atomic E-state index is -0.0915. The fourth-order valence-electron chi connectivity index (χ4n) is 1.47. The van der Waals surface area contributed by atoms with Gasteiger partial charge in [-0.05, 0) is 31.2 Å². The van der Waals surface area contributed by atoms with Crippen molar-refractivity contribution < 1.29 is 4.79 Å². The first kappa shape index (κ1) is 11.9. The quantitative estimate of drug-likeness (QED) is 0.945. The molecule has 1 heterocycles. The molecule has 0 aliphatic heterocycles. The molecule has 88 valence electrons. The highest BCUT2D eigenvalue weighted by atomic mass is 79.9. The standard InChI is InChI=1S/C12H12BrN3O/c1-9-5-6-16(15-9)8-12(17)14-11-4-2-3-10(13)7-11/h2-7H,8H2,1H3,(H,14,17). The first-order valence-corrected chi connectivity index (χ1v) is 5.98. The van der Waals surface area contributed by atoms with E-state index in [0.29, 0.717) is 0 Å². The van der Waals surface area contributed by atoms with Gasteiger partial charge in [0.05, 0.1) is 5.69 Å². The molecule has 1 amide bonds. The van der Waals surface area contributed by atoms with Crippen molar-refractivity contribution in [3.05, 3.63) is 46.7 Å². The number of anilines is 1. The molecule has 1 aromatic heterocycles. The van der Waals surface area contributed by atoms with E-state index in [1.807, 2.05) is 37.3 Å². The Balaban J connectivity index is 1.98. The number of carbonyl (C=O) groups is 1. The molecule has 0 aliphatic carbocycles. The normalized spacial score (nSPS) is 10.2. The summed E-state index contributed by atoms with van der Waals surface area (Å²) in [6, 6.07) is 9.35. The van der Waals surface area contributed by atoms with Gasteiger partial charge in [0.15, 0.2) is 0 Å². The van der Waals surface area contributed by atoms with Crippen LogP contribution in [0.2, 0.25) is 0 Å². The summed E-state index contributed by atoms with van der Waals surface area (Å²) in [5.74, 6) is -0.0915. The van der Waals surface area contributed by atoms with Crippen LogP contribution in [-0.2, 0) is 11.3 Å². The predicted octanol–water partition coefficient (Wildman–Crippen LogP) is 2.59. The molecule has 0 atom stereocenters. The lowest BCUT2D eigenvalue weighted by atomic mass is 10.3. The van der Waals surface area contributed by atoms with Crippen LogP contribution in [0.25, 0.3) is 0 Å². The maximum Gasteiger partial charge on any atom is 0.246 e. The number of benzene rings is 1. The lowest BCUT2D eigenvalue weighted by Gasteiger charge is -2.05. The minimum absolute atomic E-state index is 0.0915. The molecule has 2 rings (SSSR count). The fourth-order valence-corrected chi connectivity index (χ4v) is 1.86. The Hall–Kier alpha value is -1.62. The van der Waals surface area contributed by atoms with Crippen LogP contribution >= 0.6 is 15.9 Å². The van der Waals surface area contributed by atoms with Crippen LogP contribution in [0.3, 0.4) is 0 Å². The van der Waals surface area contributed by atoms with Crippen LogP contribution in [0, 0.1) is 6.92 Å². The van der Waals surface area contributed by atoms with Crippen molar-refractivity contribution in [3.63, 3.8) is 0 Å². The molecular weight excluding hydrogens is 282 g/mol. The third-order valence-electron chi connectivity index (χ3n) is 2.19. The van der Waals surface area contributed by atoms with Crippen molar-refractivity contribution in [2.75, 3.05) is 5.32 Å². The Labute approximate surface area is 108 Å². The first-order valence-electron chi connectivity index (χ1n) is 5.19. The molecule has 0 aliphatic rings. The summed E-state index contributed by atoms with van der Waals surface area (Å²) >= 11 is 3.35. The number of amides is 1. The third kappa shape index (κ3) is 3.42. The van der Waals surface area contributed by atoms with Crippen LogP contribution in [0.5, 0.6) is 0 Å². The smallest absolute Gasteiger partial charge is 0.246 e. The molecule has 17 heavy (non-hydrogen) atoms. The average molecular weight is 294 g/mol. The summed E-state index contributed by atoms with van der Waals surface area (Å²) in [4.78, 5) is 11.7. The molecule has 5 heteroatoms. The molecule has 1 aromatic carbocycles. The zero-order valence-corrected chi connectivity index (χ0v) is 10.9. The van der Waals surface area contributed by atoms with Crippen LogP contribution in [-0.4, -0.2) is 15.7 Å². The summed E-state index contributed by atoms with van der Waals surface area (Å²) in [5, 5.41) is 6.97. The molecule has 0 spiro atoms. The molecule has 0 fully saturated rings. The van der Waals surface area contributed by atoms with Gasteiger partial charge in [0.25, 0.3) is 0 Å². The number of rotatable bonds is 3. The van der Waals surface area contributed by atoms with Crippen LogP contribution in [0.4, 0.5) is 5.69 Å². The van der Waals surface area contributed by atoms with Crippen molar-refractivity contribution in [2.24, 2.45) is 0 Å². The molecule has 4 nitrogen and oxygen atoms in total. The van der Waals surface area contributed by atoms with Gasteiger partial charge in [-0.15, -0.1) is 0 Å². The number of aryl methyl sites for hydroxylation is 1. The molecule has 0 saturated heterocycles. The van der Waals surface area contributed by atoms with Gasteiger partial charge in [-0.1, -0.05) is 22.0 Å². The number of halogens is 1. The SMILES string of the molecule is Cc1ccn(CC(=O)Nc2cccc(Br)c2)n1. The summed E-state index contributed by atoms with van der Waals surface area (Å²) in [5.41, 5.74) is 1.67. The second kappa shape index (κ2) is 5.14. The van der Waals surface area contributed by atoms with E-state index in [9.17, 15) is 4.79 Å². The van der Waals surface area contributed by atoms with Crippen molar-refractivity contribution in [2.45, 2.75) is 13.5 Å². The Morgan fingerprint density at radius 2 is 2.29 bits per heavy atom. The van der Waals surface area contributed by atoms with Crippen LogP contribution < -0.4 is 5.32 Å². The van der Waals surface area contributed by atoms with E-state index in [4.69, 9.17) is 0 Å². The van der Waals surface area contributed by atoms with Gasteiger partial charge in [-0.25, -0.2) is 0 Å². The number of nitrogens with zero attached hydrogens (tertiary/aromatic N) is 2. The highest BCUT2D eigenvalue weighted by Crippen LogP contribution is 2.15. The Morgan fingerprint density at radius 3 is 2.94 bits per heavy atom. The topological polar surface area (TPSA) is 46.9 Å². The van der Waals surface area contributed by atoms with Crippen LogP contribution in [0.1, 0.15) is 5.69 Å². The molecule has 1 N–H and O–H groups in total. The minimum Gasteiger partial charge on any atom is -0.324 e. The van der Waals surface area contributed by atoms with E-state index in [2.05, 4.69) is 26.3 Å². The largest absolute Gasteiger partial charge is 0.324 e. The van der Waals surface area contributed by atoms with E-state index >= 15 is 0 Å². The highest BCUT2D eigenvalue weighted by Gasteiger charge is 2.04. The number of carbonyl (C=O) groups excluding carboxylic acids is 1. The van der Waals surface area contributed by atoms with Crippen molar-refractivity contribution >= 4 is 27.5 Å². The number of nitrogens with one attached hydrogen (secondary N) is 1. The van der Waals surface area contributed by atoms with E-state index in [1.165, 1.54) is 0 Å². The molecular formula is C12H12BrN3O. The Kier molecular flexibility index (Phi) is 3.58. The van der Waals surface area contributed by atoms with Crippen LogP contribution in [0.15, 0.2) is 41.0 Å². The third-order valence-corrected chi connectivity index (χ3v) is 2.68. The predicted molar refractivity (Wildman–Crippen MR) is 69.7 cm³/mol. The number of hydrogen-bond donors (Lipinski definition) is 1. The summed E-state index contributed by atoms with van der Waals surface area (Å²) in [7, 11) is 0.